The first kappa shape index (κ1) is 16.3. The van der Waals surface area contributed by atoms with E-state index in [-0.39, 0.29) is 6.42 Å². The Balaban J connectivity index is 2.41. The first-order chi connectivity index (χ1) is 10.3. The van der Waals surface area contributed by atoms with Gasteiger partial charge in [-0.25, -0.2) is 18.0 Å². The van der Waals surface area contributed by atoms with Crippen molar-refractivity contribution in [2.75, 3.05) is 6.61 Å². The number of hydrogen-bond donors (Lipinski definition) is 0. The zero-order valence-electron chi connectivity index (χ0n) is 11.4. The van der Waals surface area contributed by atoms with E-state index in [4.69, 9.17) is 9.47 Å². The summed E-state index contributed by atoms with van der Waals surface area (Å²) in [6.07, 6.45) is -0.166. The van der Waals surface area contributed by atoms with Crippen LogP contribution in [0.3, 0.4) is 0 Å². The van der Waals surface area contributed by atoms with Crippen LogP contribution in [0.15, 0.2) is 0 Å². The van der Waals surface area contributed by atoms with Gasteiger partial charge in [0.2, 0.25) is 34.8 Å². The van der Waals surface area contributed by atoms with Crippen LogP contribution in [0.1, 0.15) is 26.2 Å². The minimum atomic E-state index is -2.30. The highest BCUT2D eigenvalue weighted by Crippen LogP contribution is 2.35. The molecule has 1 unspecified atom stereocenters. The predicted octanol–water partition coefficient (Wildman–Crippen LogP) is 3.81. The highest BCUT2D eigenvalue weighted by molar-refractivity contribution is 5.62. The van der Waals surface area contributed by atoms with Gasteiger partial charge in [0.05, 0.1) is 0 Å². The van der Waals surface area contributed by atoms with E-state index in [0.717, 1.165) is 0 Å². The molecule has 1 atom stereocenters. The number of rotatable bonds is 5. The van der Waals surface area contributed by atoms with Gasteiger partial charge in [-0.1, -0.05) is 13.3 Å². The van der Waals surface area contributed by atoms with Crippen molar-refractivity contribution < 1.29 is 41.0 Å². The van der Waals surface area contributed by atoms with E-state index in [1.54, 1.807) is 6.92 Å². The summed E-state index contributed by atoms with van der Waals surface area (Å²) in [6.45, 7) is 1.26. The summed E-state index contributed by atoms with van der Waals surface area (Å²) in [5.74, 6) is -14.3. The number of carbonyl (C=O) groups excluding carboxylic acids is 1. The van der Waals surface area contributed by atoms with Gasteiger partial charge in [-0.05, 0) is 6.42 Å². The van der Waals surface area contributed by atoms with Gasteiger partial charge in [-0.2, -0.15) is 8.78 Å². The molecule has 1 aliphatic rings. The Kier molecular flexibility index (Phi) is 4.43. The van der Waals surface area contributed by atoms with E-state index in [1.165, 1.54) is 0 Å². The molecule has 1 fully saturated rings. The van der Waals surface area contributed by atoms with Gasteiger partial charge in [-0.3, -0.25) is 0 Å². The largest absolute Gasteiger partial charge is 0.512 e. The molecular weight excluding hydrogens is 315 g/mol. The van der Waals surface area contributed by atoms with Crippen LogP contribution in [-0.4, -0.2) is 18.5 Å². The summed E-state index contributed by atoms with van der Waals surface area (Å²) < 4.78 is 80.6. The van der Waals surface area contributed by atoms with Crippen LogP contribution in [0, 0.1) is 29.1 Å². The van der Waals surface area contributed by atoms with Crippen molar-refractivity contribution in [3.8, 4) is 5.75 Å². The average Bonchev–Trinajstić information content (AvgIpc) is 2.87. The third-order valence-electron chi connectivity index (χ3n) is 3.05. The van der Waals surface area contributed by atoms with E-state index in [2.05, 4.69) is 4.74 Å². The quantitative estimate of drug-likeness (QED) is 0.357. The molecule has 1 heterocycles. The number of unbranched alkanes of at least 4 members (excludes halogenated alkanes) is 1. The highest BCUT2D eigenvalue weighted by Gasteiger charge is 2.46. The summed E-state index contributed by atoms with van der Waals surface area (Å²) in [4.78, 5) is 11.0. The van der Waals surface area contributed by atoms with Crippen molar-refractivity contribution in [1.82, 2.24) is 0 Å². The van der Waals surface area contributed by atoms with Crippen LogP contribution in [0.4, 0.5) is 26.7 Å². The lowest BCUT2D eigenvalue weighted by molar-refractivity contribution is -0.121. The Morgan fingerprint density at radius 2 is 1.59 bits per heavy atom. The van der Waals surface area contributed by atoms with Gasteiger partial charge in [0.1, 0.15) is 0 Å². The smallest absolute Gasteiger partial charge is 0.442 e. The van der Waals surface area contributed by atoms with E-state index in [9.17, 15) is 26.7 Å². The van der Waals surface area contributed by atoms with E-state index >= 15 is 0 Å². The molecule has 1 aromatic carbocycles. The van der Waals surface area contributed by atoms with Crippen molar-refractivity contribution in [2.24, 2.45) is 0 Å². The Morgan fingerprint density at radius 3 is 2.05 bits per heavy atom. The molecule has 0 aliphatic carbocycles. The third-order valence-corrected chi connectivity index (χ3v) is 3.05. The molecule has 1 aromatic rings. The second-order valence-electron chi connectivity index (χ2n) is 4.66. The van der Waals surface area contributed by atoms with Gasteiger partial charge in [0.15, 0.2) is 6.61 Å². The molecule has 2 rings (SSSR count). The molecule has 1 aliphatic heterocycles. The molecule has 122 valence electrons. The second kappa shape index (κ2) is 5.98. The SMILES string of the molecule is CCCCC1(Oc2c(F)c(F)c(F)c(F)c2F)COC(=O)O1. The fourth-order valence-corrected chi connectivity index (χ4v) is 1.91. The Bertz CT molecular complexity index is 578. The van der Waals surface area contributed by atoms with Gasteiger partial charge in [-0.15, -0.1) is 0 Å². The monoisotopic (exact) mass is 326 g/mol. The molecule has 0 N–H and O–H groups in total. The van der Waals surface area contributed by atoms with Crippen molar-refractivity contribution in [3.63, 3.8) is 0 Å². The van der Waals surface area contributed by atoms with Crippen molar-refractivity contribution in [3.05, 3.63) is 29.1 Å². The molecule has 0 bridgehead atoms. The van der Waals surface area contributed by atoms with Crippen LogP contribution in [0.2, 0.25) is 0 Å². The highest BCUT2D eigenvalue weighted by atomic mass is 19.2. The lowest BCUT2D eigenvalue weighted by atomic mass is 10.1. The van der Waals surface area contributed by atoms with Gasteiger partial charge in [0, 0.05) is 6.42 Å². The summed E-state index contributed by atoms with van der Waals surface area (Å²) in [6, 6.07) is 0. The van der Waals surface area contributed by atoms with Crippen molar-refractivity contribution in [2.45, 2.75) is 32.0 Å². The first-order valence-electron chi connectivity index (χ1n) is 6.37. The van der Waals surface area contributed by atoms with E-state index in [1.807, 2.05) is 0 Å². The number of carbonyl (C=O) groups is 1. The normalized spacial score (nSPS) is 20.7. The Labute approximate surface area is 121 Å². The summed E-state index contributed by atoms with van der Waals surface area (Å²) >= 11 is 0. The van der Waals surface area contributed by atoms with E-state index < -0.39 is 53.4 Å². The molecule has 22 heavy (non-hydrogen) atoms. The van der Waals surface area contributed by atoms with Crippen molar-refractivity contribution in [1.29, 1.82) is 0 Å². The van der Waals surface area contributed by atoms with Crippen LogP contribution >= 0.6 is 0 Å². The van der Waals surface area contributed by atoms with Crippen molar-refractivity contribution >= 4 is 6.16 Å². The number of cyclic esters (lactones) is 2. The molecule has 4 nitrogen and oxygen atoms in total. The fourth-order valence-electron chi connectivity index (χ4n) is 1.91. The third kappa shape index (κ3) is 2.79. The lowest BCUT2D eigenvalue weighted by Crippen LogP contribution is -2.39. The first-order valence-corrected chi connectivity index (χ1v) is 6.37. The minimum absolute atomic E-state index is 0.0330. The zero-order chi connectivity index (χ0) is 16.5. The maximum Gasteiger partial charge on any atom is 0.512 e. The van der Waals surface area contributed by atoms with Crippen LogP contribution in [-0.2, 0) is 9.47 Å². The molecule has 0 radical (unpaired) electrons. The average molecular weight is 326 g/mol. The van der Waals surface area contributed by atoms with Crippen LogP contribution in [0.5, 0.6) is 5.75 Å². The molecule has 0 saturated carbocycles. The standard InChI is InChI=1S/C13H11F5O4/c1-2-3-4-13(5-20-12(19)22-13)21-11-9(17)7(15)6(14)8(16)10(11)18/h2-5H2,1H3. The van der Waals surface area contributed by atoms with Gasteiger partial charge in [0.25, 0.3) is 5.79 Å². The molecule has 1 saturated heterocycles. The minimum Gasteiger partial charge on any atom is -0.442 e. The van der Waals surface area contributed by atoms with Crippen LogP contribution in [0.25, 0.3) is 0 Å². The molecule has 0 spiro atoms. The Hall–Kier alpha value is -2.06. The summed E-state index contributed by atoms with van der Waals surface area (Å²) in [5, 5.41) is 0. The van der Waals surface area contributed by atoms with Gasteiger partial charge < -0.3 is 14.2 Å². The summed E-state index contributed by atoms with van der Waals surface area (Å²) in [5.41, 5.74) is 0. The maximum atomic E-state index is 13.6. The Morgan fingerprint density at radius 1 is 1.05 bits per heavy atom. The summed E-state index contributed by atoms with van der Waals surface area (Å²) in [7, 11) is 0. The lowest BCUT2D eigenvalue weighted by Gasteiger charge is -2.26. The van der Waals surface area contributed by atoms with Gasteiger partial charge >= 0.3 is 6.16 Å². The molecule has 0 amide bonds. The predicted molar refractivity (Wildman–Crippen MR) is 61.5 cm³/mol. The fraction of sp³-hybridized carbons (Fsp3) is 0.462. The topological polar surface area (TPSA) is 44.8 Å². The van der Waals surface area contributed by atoms with Crippen LogP contribution < -0.4 is 4.74 Å². The number of halogens is 5. The van der Waals surface area contributed by atoms with E-state index in [0.29, 0.717) is 12.8 Å². The maximum absolute atomic E-state index is 13.6. The number of hydrogen-bond acceptors (Lipinski definition) is 4. The zero-order valence-corrected chi connectivity index (χ0v) is 11.4. The number of benzene rings is 1. The molecule has 0 aromatic heterocycles. The molecular formula is C13H11F5O4. The number of ether oxygens (including phenoxy) is 3. The second-order valence-corrected chi connectivity index (χ2v) is 4.66. The molecule has 9 heteroatoms.